The third-order valence-corrected chi connectivity index (χ3v) is 3.70. The number of halogens is 1. The molecule has 1 heterocycles. The van der Waals surface area contributed by atoms with Crippen molar-refractivity contribution >= 4 is 22.6 Å². The fraction of sp³-hybridized carbons (Fsp3) is 0.571. The molecule has 0 bridgehead atoms. The van der Waals surface area contributed by atoms with E-state index in [1.165, 1.54) is 3.57 Å². The first kappa shape index (κ1) is 14.1. The number of rotatable bonds is 4. The summed E-state index contributed by atoms with van der Waals surface area (Å²) in [5.74, 6) is 0.949. The second-order valence-electron chi connectivity index (χ2n) is 4.82. The van der Waals surface area contributed by atoms with Crippen LogP contribution >= 0.6 is 22.6 Å². The molecule has 1 aliphatic rings. The Kier molecular flexibility index (Phi) is 5.26. The van der Waals surface area contributed by atoms with Gasteiger partial charge in [0.2, 0.25) is 0 Å². The van der Waals surface area contributed by atoms with Gasteiger partial charge >= 0.3 is 0 Å². The van der Waals surface area contributed by atoms with Crippen molar-refractivity contribution in [3.8, 4) is 5.75 Å². The van der Waals surface area contributed by atoms with Crippen molar-refractivity contribution in [3.05, 3.63) is 27.8 Å². The van der Waals surface area contributed by atoms with E-state index in [1.807, 2.05) is 12.1 Å². The molecule has 1 fully saturated rings. The van der Waals surface area contributed by atoms with E-state index in [9.17, 15) is 0 Å². The lowest BCUT2D eigenvalue weighted by atomic mass is 10.2. The van der Waals surface area contributed by atoms with E-state index >= 15 is 0 Å². The molecule has 0 saturated carbocycles. The molecular weight excluding hydrogens is 341 g/mol. The average molecular weight is 361 g/mol. The largest absolute Gasteiger partial charge is 0.492 e. The lowest BCUT2D eigenvalue weighted by Crippen LogP contribution is -2.46. The third kappa shape index (κ3) is 4.40. The lowest BCUT2D eigenvalue weighted by Gasteiger charge is -2.35. The molecular formula is C14H20INO2. The molecule has 0 aromatic heterocycles. The standard InChI is InChI=1S/C14H20INO2/c1-11-9-16(10-12(2)18-11)7-8-17-14-5-3-13(15)4-6-14/h3-6,11-12H,7-10H2,1-2H3/t11-,12-/m0/s1. The maximum absolute atomic E-state index is 5.75. The third-order valence-electron chi connectivity index (χ3n) is 2.99. The second kappa shape index (κ2) is 6.73. The van der Waals surface area contributed by atoms with Crippen LogP contribution < -0.4 is 4.74 Å². The summed E-state index contributed by atoms with van der Waals surface area (Å²) in [5, 5.41) is 0. The smallest absolute Gasteiger partial charge is 0.119 e. The van der Waals surface area contributed by atoms with Gasteiger partial charge in [0, 0.05) is 23.2 Å². The number of nitrogens with zero attached hydrogens (tertiary/aromatic N) is 1. The van der Waals surface area contributed by atoms with Crippen molar-refractivity contribution in [1.82, 2.24) is 4.90 Å². The highest BCUT2D eigenvalue weighted by molar-refractivity contribution is 14.1. The van der Waals surface area contributed by atoms with E-state index in [0.717, 1.165) is 32.0 Å². The van der Waals surface area contributed by atoms with E-state index in [2.05, 4.69) is 53.5 Å². The molecule has 1 aromatic carbocycles. The summed E-state index contributed by atoms with van der Waals surface area (Å²) in [6, 6.07) is 8.17. The van der Waals surface area contributed by atoms with Crippen LogP contribution in [0.25, 0.3) is 0 Å². The highest BCUT2D eigenvalue weighted by atomic mass is 127. The molecule has 1 aromatic rings. The molecule has 100 valence electrons. The topological polar surface area (TPSA) is 21.7 Å². The van der Waals surface area contributed by atoms with E-state index in [4.69, 9.17) is 9.47 Å². The zero-order chi connectivity index (χ0) is 13.0. The zero-order valence-corrected chi connectivity index (χ0v) is 13.1. The molecule has 0 spiro atoms. The average Bonchev–Trinajstić information content (AvgIpc) is 2.30. The van der Waals surface area contributed by atoms with Gasteiger partial charge < -0.3 is 9.47 Å². The monoisotopic (exact) mass is 361 g/mol. The summed E-state index contributed by atoms with van der Waals surface area (Å²) in [7, 11) is 0. The summed E-state index contributed by atoms with van der Waals surface area (Å²) in [4.78, 5) is 2.41. The summed E-state index contributed by atoms with van der Waals surface area (Å²) in [6.45, 7) is 7.95. The molecule has 1 saturated heterocycles. The molecule has 4 heteroatoms. The number of hydrogen-bond acceptors (Lipinski definition) is 3. The van der Waals surface area contributed by atoms with Crippen molar-refractivity contribution in [2.45, 2.75) is 26.1 Å². The van der Waals surface area contributed by atoms with E-state index < -0.39 is 0 Å². The number of ether oxygens (including phenoxy) is 2. The molecule has 2 rings (SSSR count). The second-order valence-corrected chi connectivity index (χ2v) is 6.06. The Morgan fingerprint density at radius 1 is 1.22 bits per heavy atom. The molecule has 18 heavy (non-hydrogen) atoms. The Hall–Kier alpha value is -0.330. The summed E-state index contributed by atoms with van der Waals surface area (Å²) in [5.41, 5.74) is 0. The first-order valence-corrected chi connectivity index (χ1v) is 7.47. The van der Waals surface area contributed by atoms with Crippen molar-refractivity contribution in [1.29, 1.82) is 0 Å². The highest BCUT2D eigenvalue weighted by Gasteiger charge is 2.21. The van der Waals surface area contributed by atoms with Crippen LogP contribution in [-0.4, -0.2) is 43.3 Å². The van der Waals surface area contributed by atoms with Crippen molar-refractivity contribution < 1.29 is 9.47 Å². The van der Waals surface area contributed by atoms with Crippen LogP contribution in [0.5, 0.6) is 5.75 Å². The normalized spacial score (nSPS) is 25.1. The lowest BCUT2D eigenvalue weighted by molar-refractivity contribution is -0.0699. The summed E-state index contributed by atoms with van der Waals surface area (Å²) >= 11 is 2.30. The van der Waals surface area contributed by atoms with Gasteiger partial charge in [0.15, 0.2) is 0 Å². The zero-order valence-electron chi connectivity index (χ0n) is 10.9. The number of morpholine rings is 1. The Balaban J connectivity index is 1.73. The van der Waals surface area contributed by atoms with Crippen LogP contribution in [0.1, 0.15) is 13.8 Å². The fourth-order valence-electron chi connectivity index (χ4n) is 2.29. The molecule has 0 N–H and O–H groups in total. The van der Waals surface area contributed by atoms with Gasteiger partial charge in [-0.15, -0.1) is 0 Å². The predicted molar refractivity (Wildman–Crippen MR) is 81.1 cm³/mol. The maximum Gasteiger partial charge on any atom is 0.119 e. The van der Waals surface area contributed by atoms with E-state index in [-0.39, 0.29) is 0 Å². The van der Waals surface area contributed by atoms with Gasteiger partial charge in [0.1, 0.15) is 12.4 Å². The van der Waals surface area contributed by atoms with Crippen LogP contribution in [-0.2, 0) is 4.74 Å². The van der Waals surface area contributed by atoms with E-state index in [1.54, 1.807) is 0 Å². The Morgan fingerprint density at radius 3 is 2.44 bits per heavy atom. The molecule has 0 radical (unpaired) electrons. The quantitative estimate of drug-likeness (QED) is 0.770. The summed E-state index contributed by atoms with van der Waals surface area (Å²) in [6.07, 6.45) is 0.652. The number of benzene rings is 1. The minimum absolute atomic E-state index is 0.326. The number of hydrogen-bond donors (Lipinski definition) is 0. The van der Waals surface area contributed by atoms with Gasteiger partial charge in [0.25, 0.3) is 0 Å². The molecule has 1 aliphatic heterocycles. The van der Waals surface area contributed by atoms with Crippen LogP contribution in [0.4, 0.5) is 0 Å². The Bertz CT molecular complexity index is 359. The van der Waals surface area contributed by atoms with Crippen LogP contribution in [0.15, 0.2) is 24.3 Å². The van der Waals surface area contributed by atoms with Crippen LogP contribution in [0.3, 0.4) is 0 Å². The molecule has 3 nitrogen and oxygen atoms in total. The molecule has 0 unspecified atom stereocenters. The molecule has 0 aliphatic carbocycles. The van der Waals surface area contributed by atoms with Gasteiger partial charge in [0.05, 0.1) is 12.2 Å². The van der Waals surface area contributed by atoms with Crippen molar-refractivity contribution in [2.24, 2.45) is 0 Å². The molecule has 0 amide bonds. The molecule has 2 atom stereocenters. The fourth-order valence-corrected chi connectivity index (χ4v) is 2.65. The van der Waals surface area contributed by atoms with Gasteiger partial charge in [-0.25, -0.2) is 0 Å². The predicted octanol–water partition coefficient (Wildman–Crippen LogP) is 2.78. The highest BCUT2D eigenvalue weighted by Crippen LogP contribution is 2.14. The first-order valence-electron chi connectivity index (χ1n) is 6.39. The SMILES string of the molecule is C[C@H]1CN(CCOc2ccc(I)cc2)C[C@H](C)O1. The van der Waals surface area contributed by atoms with Gasteiger partial charge in [-0.2, -0.15) is 0 Å². The summed E-state index contributed by atoms with van der Waals surface area (Å²) < 4.78 is 12.7. The van der Waals surface area contributed by atoms with Crippen LogP contribution in [0, 0.1) is 3.57 Å². The maximum atomic E-state index is 5.75. The Morgan fingerprint density at radius 2 is 1.83 bits per heavy atom. The minimum atomic E-state index is 0.326. The van der Waals surface area contributed by atoms with E-state index in [0.29, 0.717) is 12.2 Å². The van der Waals surface area contributed by atoms with Gasteiger partial charge in [-0.1, -0.05) is 0 Å². The van der Waals surface area contributed by atoms with Crippen LogP contribution in [0.2, 0.25) is 0 Å². The minimum Gasteiger partial charge on any atom is -0.492 e. The van der Waals surface area contributed by atoms with Gasteiger partial charge in [-0.05, 0) is 60.7 Å². The van der Waals surface area contributed by atoms with Gasteiger partial charge in [-0.3, -0.25) is 4.90 Å². The Labute approximate surface area is 123 Å². The van der Waals surface area contributed by atoms with Crippen molar-refractivity contribution in [2.75, 3.05) is 26.2 Å². The van der Waals surface area contributed by atoms with Crippen molar-refractivity contribution in [3.63, 3.8) is 0 Å². The first-order chi connectivity index (χ1) is 8.63.